The number of nitriles is 1. The highest BCUT2D eigenvalue weighted by atomic mass is 32.2. The van der Waals surface area contributed by atoms with Gasteiger partial charge in [0.25, 0.3) is 0 Å². The van der Waals surface area contributed by atoms with Gasteiger partial charge in [0.2, 0.25) is 0 Å². The largest absolute Gasteiger partial charge is 0.378 e. The normalized spacial score (nSPS) is 25.4. The van der Waals surface area contributed by atoms with Crippen molar-refractivity contribution in [3.05, 3.63) is 18.0 Å². The molecule has 0 N–H and O–H groups in total. The molecule has 17 nitrogen and oxygen atoms in total. The molecule has 3 aliphatic carbocycles. The molecule has 18 heteroatoms. The smallest absolute Gasteiger partial charge is 0.0703 e. The second-order valence-corrected chi connectivity index (χ2v) is 33.3. The van der Waals surface area contributed by atoms with E-state index in [4.69, 9.17) is 10.00 Å². The molecular weight excluding hydrogens is 1150 g/mol. The number of ether oxygens (including phenoxy) is 1. The van der Waals surface area contributed by atoms with Gasteiger partial charge in [-0.2, -0.15) is 22.1 Å². The minimum atomic E-state index is 0.00983. The molecule has 526 valence electrons. The zero-order valence-corrected chi connectivity index (χ0v) is 62.8. The lowest BCUT2D eigenvalue weighted by Gasteiger charge is -2.46. The zero-order chi connectivity index (χ0) is 65.7. The Balaban J connectivity index is 0.000000156. The van der Waals surface area contributed by atoms with E-state index in [1.807, 2.05) is 18.0 Å². The summed E-state index contributed by atoms with van der Waals surface area (Å²) in [5.74, 6) is 1.28. The van der Waals surface area contributed by atoms with Gasteiger partial charge < -0.3 is 9.64 Å². The number of fused-ring (bicyclic) bond motifs is 1. The summed E-state index contributed by atoms with van der Waals surface area (Å²) in [4.78, 5) is 28.5. The van der Waals surface area contributed by atoms with E-state index in [0.717, 1.165) is 102 Å². The molecule has 0 atom stereocenters. The van der Waals surface area contributed by atoms with Gasteiger partial charge in [-0.1, -0.05) is 25.7 Å². The third-order valence-electron chi connectivity index (χ3n) is 22.8. The van der Waals surface area contributed by atoms with Gasteiger partial charge in [-0.05, 0) is 168 Å². The van der Waals surface area contributed by atoms with Crippen molar-refractivity contribution >= 4 is 11.8 Å². The van der Waals surface area contributed by atoms with Crippen molar-refractivity contribution in [2.24, 2.45) is 5.41 Å². The molecule has 0 bridgehead atoms. The summed E-state index contributed by atoms with van der Waals surface area (Å²) < 4.78 is 7.35. The Labute approximate surface area is 564 Å². The van der Waals surface area contributed by atoms with Crippen LogP contribution in [0, 0.1) is 16.7 Å². The third-order valence-corrected chi connectivity index (χ3v) is 23.4. The van der Waals surface area contributed by atoms with Crippen molar-refractivity contribution < 1.29 is 4.74 Å². The topological polar surface area (TPSA) is 93.0 Å². The molecule has 0 spiro atoms. The Morgan fingerprint density at radius 1 is 0.538 bits per heavy atom. The highest BCUT2D eigenvalue weighted by Gasteiger charge is 2.45. The van der Waals surface area contributed by atoms with Crippen LogP contribution < -0.4 is 0 Å². The SMILES string of the molecule is CC(C)(C)N1CCN(C2COC2)CC1.CC(C)N1CCN(C2CCC2)CC1.CC(C)N1CCN(C2CCCCC2)CC1.CC(C)N1CCN(N2CCn3nccc3C2)CC1.CN(CC1(C#N)CC1)C1CCN(C(C)(C)C)CC1.CSCCN1CCN(C(C)C)CC1. The van der Waals surface area contributed by atoms with Crippen LogP contribution in [-0.2, 0) is 17.8 Å². The molecule has 0 aromatic carbocycles. The average Bonchev–Trinajstić information content (AvgIpc) is 2.03. The van der Waals surface area contributed by atoms with Crippen LogP contribution in [0.15, 0.2) is 12.3 Å². The Hall–Kier alpha value is -1.51. The van der Waals surface area contributed by atoms with Crippen molar-refractivity contribution in [1.82, 2.24) is 73.7 Å². The van der Waals surface area contributed by atoms with Crippen molar-refractivity contribution in [3.8, 4) is 6.07 Å². The monoisotopic (exact) mass is 1290 g/mol. The van der Waals surface area contributed by atoms with Crippen molar-refractivity contribution in [3.63, 3.8) is 0 Å². The van der Waals surface area contributed by atoms with Crippen molar-refractivity contribution in [2.45, 2.75) is 246 Å². The van der Waals surface area contributed by atoms with E-state index < -0.39 is 0 Å². The maximum atomic E-state index is 9.17. The van der Waals surface area contributed by atoms with Gasteiger partial charge in [0.1, 0.15) is 0 Å². The van der Waals surface area contributed by atoms with Crippen LogP contribution in [0.2, 0.25) is 0 Å². The van der Waals surface area contributed by atoms with Crippen molar-refractivity contribution in [2.75, 3.05) is 196 Å². The van der Waals surface area contributed by atoms with E-state index in [1.165, 1.54) is 213 Å². The molecule has 0 radical (unpaired) electrons. The van der Waals surface area contributed by atoms with E-state index in [1.54, 1.807) is 0 Å². The van der Waals surface area contributed by atoms with Gasteiger partial charge in [-0.25, -0.2) is 10.0 Å². The van der Waals surface area contributed by atoms with E-state index in [9.17, 15) is 0 Å². The van der Waals surface area contributed by atoms with E-state index >= 15 is 0 Å². The molecule has 3 saturated carbocycles. The molecular formula is C73H142N16OS. The minimum absolute atomic E-state index is 0.00983. The Bertz CT molecular complexity index is 2130. The maximum absolute atomic E-state index is 9.17. The van der Waals surface area contributed by atoms with Gasteiger partial charge in [0, 0.05) is 229 Å². The van der Waals surface area contributed by atoms with Crippen LogP contribution >= 0.6 is 11.8 Å². The first-order valence-electron chi connectivity index (χ1n) is 37.5. The molecule has 0 unspecified atom stereocenters. The zero-order valence-electron chi connectivity index (χ0n) is 61.9. The first kappa shape index (κ1) is 76.9. The number of piperazine rings is 5. The highest BCUT2D eigenvalue weighted by Crippen LogP contribution is 2.46. The van der Waals surface area contributed by atoms with Crippen molar-refractivity contribution in [1.29, 1.82) is 5.26 Å². The molecule has 8 aliphatic heterocycles. The summed E-state index contributed by atoms with van der Waals surface area (Å²) >= 11 is 1.95. The number of likely N-dealkylation sites (tertiary alicyclic amines) is 1. The Morgan fingerprint density at radius 2 is 0.967 bits per heavy atom. The summed E-state index contributed by atoms with van der Waals surface area (Å²) in [5, 5.41) is 18.5. The lowest BCUT2D eigenvalue weighted by Crippen LogP contribution is -2.59. The number of nitrogens with zero attached hydrogens (tertiary/aromatic N) is 16. The number of thioether (sulfide) groups is 1. The van der Waals surface area contributed by atoms with E-state index in [-0.39, 0.29) is 5.41 Å². The number of aromatic nitrogens is 2. The van der Waals surface area contributed by atoms with Crippen LogP contribution in [0.25, 0.3) is 0 Å². The van der Waals surface area contributed by atoms with Gasteiger partial charge in [-0.3, -0.25) is 53.7 Å². The summed E-state index contributed by atoms with van der Waals surface area (Å²) in [7, 11) is 2.20. The molecule has 9 heterocycles. The first-order valence-corrected chi connectivity index (χ1v) is 38.9. The first-order chi connectivity index (χ1) is 43.4. The molecule has 1 aromatic heterocycles. The summed E-state index contributed by atoms with van der Waals surface area (Å²) in [6, 6.07) is 10.8. The average molecular weight is 1290 g/mol. The lowest BCUT2D eigenvalue weighted by molar-refractivity contribution is -0.0830. The van der Waals surface area contributed by atoms with Gasteiger partial charge >= 0.3 is 0 Å². The maximum Gasteiger partial charge on any atom is 0.0703 e. The second kappa shape index (κ2) is 38.0. The van der Waals surface area contributed by atoms with Crippen LogP contribution in [0.1, 0.15) is 180 Å². The van der Waals surface area contributed by atoms with Gasteiger partial charge in [-0.15, -0.1) is 0 Å². The Morgan fingerprint density at radius 3 is 1.37 bits per heavy atom. The van der Waals surface area contributed by atoms with Crippen LogP contribution in [0.4, 0.5) is 0 Å². The summed E-state index contributed by atoms with van der Waals surface area (Å²) in [6.45, 7) is 66.8. The highest BCUT2D eigenvalue weighted by molar-refractivity contribution is 7.98. The van der Waals surface area contributed by atoms with E-state index in [0.29, 0.717) is 23.2 Å². The standard InChI is InChI=1S/C15H27N3.C13H23N5.C13H26N2.C11H22N2O.C11H22N2.C10H22N2S/c1-14(2,3)18-9-5-13(6-10-18)17(4)12-15(11-16)7-8-15;1-12(2)15-5-7-16(8-6-15)17-9-10-18-13(11-17)3-4-14-18;1-12(2)14-8-10-15(11-9-14)13-6-4-3-5-7-13;1-11(2,3)13-6-4-12(5-7-13)10-8-14-9-10;1-10(2)12-6-8-13(9-7-12)11-4-3-5-11;1-10(2)12-6-4-11(5-7-12)8-9-13-3/h13H,5-10,12H2,1-4H3;3-4,12H,5-11H2,1-2H3;12-13H,3-11H2,1-2H3;10H,4-9H2,1-3H3;10-11H,3-9H2,1-2H3;10H,4-9H2,1-3H3. The summed E-state index contributed by atoms with van der Waals surface area (Å²) in [6.07, 6.45) is 20.5. The van der Waals surface area contributed by atoms with Crippen LogP contribution in [0.5, 0.6) is 0 Å². The molecule has 1 aromatic rings. The number of hydrogen-bond donors (Lipinski definition) is 0. The third kappa shape index (κ3) is 25.1. The quantitative estimate of drug-likeness (QED) is 0.177. The fourth-order valence-electron chi connectivity index (χ4n) is 15.3. The fraction of sp³-hybridized carbons (Fsp3) is 0.945. The van der Waals surface area contributed by atoms with Gasteiger partial charge in [0.05, 0.1) is 49.5 Å². The second-order valence-electron chi connectivity index (χ2n) is 32.3. The fourth-order valence-corrected chi connectivity index (χ4v) is 15.8. The predicted molar refractivity (Wildman–Crippen MR) is 385 cm³/mol. The number of piperidine rings is 1. The number of rotatable bonds is 14. The molecule has 7 saturated heterocycles. The Kier molecular flexibility index (Phi) is 32.1. The minimum Gasteiger partial charge on any atom is -0.378 e. The van der Waals surface area contributed by atoms with E-state index in [2.05, 4.69) is 196 Å². The predicted octanol–water partition coefficient (Wildman–Crippen LogP) is 9.21. The molecule has 10 fully saturated rings. The van der Waals surface area contributed by atoms with Crippen LogP contribution in [-0.4, -0.2) is 329 Å². The molecule has 12 rings (SSSR count). The molecule has 0 amide bonds. The molecule has 11 aliphatic rings. The lowest BCUT2D eigenvalue weighted by atomic mass is 9.91. The van der Waals surface area contributed by atoms with Gasteiger partial charge in [0.15, 0.2) is 0 Å². The number of hydrazine groups is 1. The van der Waals surface area contributed by atoms with Crippen LogP contribution in [0.3, 0.4) is 0 Å². The number of hydrogen-bond acceptors (Lipinski definition) is 17. The summed E-state index contributed by atoms with van der Waals surface area (Å²) in [5.41, 5.74) is 1.99. The molecule has 91 heavy (non-hydrogen) atoms.